The number of aromatic nitrogens is 1. The molecule has 15 heavy (non-hydrogen) atoms. The molecule has 2 N–H and O–H groups in total. The first-order valence-electron chi connectivity index (χ1n) is 5.20. The molecule has 0 unspecified atom stereocenters. The summed E-state index contributed by atoms with van der Waals surface area (Å²) in [5.74, 6) is 0.402. The summed E-state index contributed by atoms with van der Waals surface area (Å²) in [4.78, 5) is 11.4. The second-order valence-electron chi connectivity index (χ2n) is 3.70. The van der Waals surface area contributed by atoms with Gasteiger partial charge in [-0.15, -0.1) is 0 Å². The number of nitrogens with zero attached hydrogens (tertiary/aromatic N) is 1. The maximum Gasteiger partial charge on any atom is 0.223 e. The number of nitrogens with two attached hydrogens (primary N) is 1. The molecule has 0 saturated heterocycles. The van der Waals surface area contributed by atoms with Crippen molar-refractivity contribution >= 4 is 0 Å². The Morgan fingerprint density at radius 3 is 2.87 bits per heavy atom. The summed E-state index contributed by atoms with van der Waals surface area (Å²) in [5, 5.41) is 0. The molecule has 1 heterocycles. The molecule has 4 heteroatoms. The minimum atomic E-state index is -0.0797. The van der Waals surface area contributed by atoms with Crippen molar-refractivity contribution in [1.29, 1.82) is 0 Å². The molecule has 0 spiro atoms. The van der Waals surface area contributed by atoms with Gasteiger partial charge in [-0.1, -0.05) is 0 Å². The predicted molar refractivity (Wildman–Crippen MR) is 60.3 cm³/mol. The topological polar surface area (TPSA) is 57.2 Å². The average molecular weight is 210 g/mol. The van der Waals surface area contributed by atoms with Crippen molar-refractivity contribution in [3.63, 3.8) is 0 Å². The fraction of sp³-hybridized carbons (Fsp3) is 0.545. The molecular weight excluding hydrogens is 192 g/mol. The summed E-state index contributed by atoms with van der Waals surface area (Å²) >= 11 is 0. The highest BCUT2D eigenvalue weighted by Crippen LogP contribution is 2.08. The fourth-order valence-corrected chi connectivity index (χ4v) is 1.17. The zero-order valence-electron chi connectivity index (χ0n) is 9.27. The van der Waals surface area contributed by atoms with Crippen LogP contribution in [0.5, 0.6) is 5.75 Å². The number of hydrogen-bond donors (Lipinski definition) is 1. The van der Waals surface area contributed by atoms with Crippen molar-refractivity contribution in [3.8, 4) is 5.75 Å². The van der Waals surface area contributed by atoms with Crippen molar-refractivity contribution in [2.24, 2.45) is 5.73 Å². The van der Waals surface area contributed by atoms with Crippen LogP contribution in [0, 0.1) is 0 Å². The highest BCUT2D eigenvalue weighted by Gasteiger charge is 2.02. The minimum Gasteiger partial charge on any atom is -0.488 e. The van der Waals surface area contributed by atoms with E-state index in [0.29, 0.717) is 24.9 Å². The van der Waals surface area contributed by atoms with Gasteiger partial charge in [0.25, 0.3) is 0 Å². The smallest absolute Gasteiger partial charge is 0.223 e. The Bertz CT molecular complexity index is 358. The molecule has 0 aromatic carbocycles. The summed E-state index contributed by atoms with van der Waals surface area (Å²) in [6, 6.07) is 1.85. The van der Waals surface area contributed by atoms with Gasteiger partial charge >= 0.3 is 0 Å². The van der Waals surface area contributed by atoms with E-state index >= 15 is 0 Å². The van der Waals surface area contributed by atoms with Gasteiger partial charge in [0.05, 0.1) is 12.8 Å². The van der Waals surface area contributed by atoms with Crippen LogP contribution >= 0.6 is 0 Å². The SMILES string of the molecule is CC(C)n1ccc(=O)c(OCCCN)c1. The standard InChI is InChI=1S/C11H18N2O2/c1-9(2)13-6-4-10(14)11(8-13)15-7-3-5-12/h4,6,8-9H,3,5,7,12H2,1-2H3. The first-order chi connectivity index (χ1) is 7.15. The molecule has 0 saturated carbocycles. The first-order valence-corrected chi connectivity index (χ1v) is 5.20. The number of hydrogen-bond acceptors (Lipinski definition) is 3. The highest BCUT2D eigenvalue weighted by atomic mass is 16.5. The van der Waals surface area contributed by atoms with E-state index in [1.807, 2.05) is 18.4 Å². The molecule has 0 amide bonds. The minimum absolute atomic E-state index is 0.0797. The molecule has 0 atom stereocenters. The van der Waals surface area contributed by atoms with Crippen molar-refractivity contribution in [2.75, 3.05) is 13.2 Å². The van der Waals surface area contributed by atoms with E-state index in [1.54, 1.807) is 12.4 Å². The van der Waals surface area contributed by atoms with Gasteiger partial charge in [0.2, 0.25) is 5.43 Å². The fourth-order valence-electron chi connectivity index (χ4n) is 1.17. The lowest BCUT2D eigenvalue weighted by atomic mass is 10.3. The number of pyridine rings is 1. The molecule has 0 fully saturated rings. The van der Waals surface area contributed by atoms with Gasteiger partial charge in [-0.3, -0.25) is 4.79 Å². The molecule has 0 aliphatic rings. The molecule has 0 radical (unpaired) electrons. The van der Waals surface area contributed by atoms with E-state index in [0.717, 1.165) is 6.42 Å². The monoisotopic (exact) mass is 210 g/mol. The third-order valence-corrected chi connectivity index (χ3v) is 2.11. The van der Waals surface area contributed by atoms with Gasteiger partial charge < -0.3 is 15.0 Å². The van der Waals surface area contributed by atoms with Gasteiger partial charge in [-0.05, 0) is 26.8 Å². The zero-order chi connectivity index (χ0) is 11.3. The van der Waals surface area contributed by atoms with Crippen molar-refractivity contribution in [2.45, 2.75) is 26.3 Å². The van der Waals surface area contributed by atoms with Crippen LogP contribution in [0.3, 0.4) is 0 Å². The van der Waals surface area contributed by atoms with Crippen molar-refractivity contribution < 1.29 is 4.74 Å². The van der Waals surface area contributed by atoms with E-state index in [9.17, 15) is 4.79 Å². The molecule has 0 bridgehead atoms. The highest BCUT2D eigenvalue weighted by molar-refractivity contribution is 5.17. The predicted octanol–water partition coefficient (Wildman–Crippen LogP) is 1.16. The Morgan fingerprint density at radius 2 is 2.27 bits per heavy atom. The second kappa shape index (κ2) is 5.56. The normalized spacial score (nSPS) is 10.7. The number of rotatable bonds is 5. The molecule has 0 aliphatic carbocycles. The van der Waals surface area contributed by atoms with Crippen LogP contribution in [0.2, 0.25) is 0 Å². The number of ether oxygens (including phenoxy) is 1. The maximum atomic E-state index is 11.4. The van der Waals surface area contributed by atoms with Crippen LogP contribution in [0.15, 0.2) is 23.3 Å². The molecule has 4 nitrogen and oxygen atoms in total. The Balaban J connectivity index is 2.77. The lowest BCUT2D eigenvalue weighted by Crippen LogP contribution is -2.14. The molecule has 1 aromatic heterocycles. The van der Waals surface area contributed by atoms with Crippen LogP contribution < -0.4 is 15.9 Å². The Kier molecular flexibility index (Phi) is 4.37. The van der Waals surface area contributed by atoms with E-state index in [4.69, 9.17) is 10.5 Å². The van der Waals surface area contributed by atoms with Gasteiger partial charge in [-0.2, -0.15) is 0 Å². The summed E-state index contributed by atoms with van der Waals surface area (Å²) in [6.07, 6.45) is 4.27. The second-order valence-corrected chi connectivity index (χ2v) is 3.70. The van der Waals surface area contributed by atoms with Crippen molar-refractivity contribution in [3.05, 3.63) is 28.7 Å². The molecule has 0 aliphatic heterocycles. The quantitative estimate of drug-likeness (QED) is 0.742. The van der Waals surface area contributed by atoms with Crippen LogP contribution in [0.1, 0.15) is 26.3 Å². The summed E-state index contributed by atoms with van der Waals surface area (Å²) < 4.78 is 7.30. The van der Waals surface area contributed by atoms with Gasteiger partial charge in [0, 0.05) is 18.3 Å². The third-order valence-electron chi connectivity index (χ3n) is 2.11. The Hall–Kier alpha value is -1.29. The van der Waals surface area contributed by atoms with E-state index < -0.39 is 0 Å². The average Bonchev–Trinajstić information content (AvgIpc) is 2.20. The lowest BCUT2D eigenvalue weighted by molar-refractivity contribution is 0.306. The van der Waals surface area contributed by atoms with Crippen LogP contribution in [-0.4, -0.2) is 17.7 Å². The van der Waals surface area contributed by atoms with Gasteiger partial charge in [0.15, 0.2) is 5.75 Å². The van der Waals surface area contributed by atoms with Gasteiger partial charge in [0.1, 0.15) is 0 Å². The first kappa shape index (κ1) is 11.8. The molecule has 1 rings (SSSR count). The van der Waals surface area contributed by atoms with E-state index in [-0.39, 0.29) is 5.43 Å². The summed E-state index contributed by atoms with van der Waals surface area (Å²) in [5.41, 5.74) is 5.27. The molecule has 1 aromatic rings. The van der Waals surface area contributed by atoms with Crippen molar-refractivity contribution in [1.82, 2.24) is 4.57 Å². The Morgan fingerprint density at radius 1 is 1.53 bits per heavy atom. The molecular formula is C11H18N2O2. The van der Waals surface area contributed by atoms with Gasteiger partial charge in [-0.25, -0.2) is 0 Å². The zero-order valence-corrected chi connectivity index (χ0v) is 9.27. The van der Waals surface area contributed by atoms with Crippen LogP contribution in [0.4, 0.5) is 0 Å². The van der Waals surface area contributed by atoms with Crippen LogP contribution in [-0.2, 0) is 0 Å². The molecule has 84 valence electrons. The largest absolute Gasteiger partial charge is 0.488 e. The maximum absolute atomic E-state index is 11.4. The van der Waals surface area contributed by atoms with E-state index in [2.05, 4.69) is 0 Å². The van der Waals surface area contributed by atoms with E-state index in [1.165, 1.54) is 6.07 Å². The Labute approximate surface area is 89.7 Å². The third kappa shape index (κ3) is 3.40. The lowest BCUT2D eigenvalue weighted by Gasteiger charge is -2.12. The summed E-state index contributed by atoms with van der Waals surface area (Å²) in [7, 11) is 0. The van der Waals surface area contributed by atoms with Crippen LogP contribution in [0.25, 0.3) is 0 Å². The summed E-state index contributed by atoms with van der Waals surface area (Å²) in [6.45, 7) is 5.17.